The molecule has 78 valence electrons. The smallest absolute Gasteiger partial charge is 0.115 e. The van der Waals surface area contributed by atoms with E-state index >= 15 is 0 Å². The minimum atomic E-state index is 0.0579. The van der Waals surface area contributed by atoms with Crippen molar-refractivity contribution < 1.29 is 5.11 Å². The van der Waals surface area contributed by atoms with Crippen molar-refractivity contribution >= 4 is 5.69 Å². The van der Waals surface area contributed by atoms with Gasteiger partial charge in [0.1, 0.15) is 6.73 Å². The van der Waals surface area contributed by atoms with E-state index in [0.29, 0.717) is 5.92 Å². The second-order valence-electron chi connectivity index (χ2n) is 4.04. The fraction of sp³-hybridized carbons (Fsp3) is 0.500. The number of hydrogen-bond acceptors (Lipinski definition) is 2. The summed E-state index contributed by atoms with van der Waals surface area (Å²) < 4.78 is 0. The predicted octanol–water partition coefficient (Wildman–Crippen LogP) is 2.50. The van der Waals surface area contributed by atoms with E-state index in [1.807, 2.05) is 11.9 Å². The molecule has 0 aromatic heterocycles. The molecule has 2 nitrogen and oxygen atoms in total. The third-order valence-electron chi connectivity index (χ3n) is 2.52. The molecule has 0 aliphatic rings. The first-order chi connectivity index (χ1) is 6.56. The average Bonchev–Trinajstić information content (AvgIpc) is 2.17. The molecule has 0 radical (unpaired) electrons. The van der Waals surface area contributed by atoms with Crippen LogP contribution in [-0.4, -0.2) is 18.9 Å². The zero-order chi connectivity index (χ0) is 10.7. The Morgan fingerprint density at radius 1 is 1.36 bits per heavy atom. The number of benzene rings is 1. The lowest BCUT2D eigenvalue weighted by Crippen LogP contribution is -2.19. The molecule has 0 saturated heterocycles. The Bertz CT molecular complexity index is 307. The Labute approximate surface area is 86.2 Å². The first-order valence-corrected chi connectivity index (χ1v) is 4.98. The minimum absolute atomic E-state index is 0.0579. The molecule has 0 unspecified atom stereocenters. The molecular formula is C12H19NO. The van der Waals surface area contributed by atoms with E-state index in [9.17, 15) is 0 Å². The molecule has 1 N–H and O–H groups in total. The molecule has 1 aromatic carbocycles. The standard InChI is InChI=1S/C12H19NO/c1-9(2)11-6-5-10(3)12(7-11)13(4)8-14/h5-7,9,14H,8H2,1-4H3. The Morgan fingerprint density at radius 3 is 2.50 bits per heavy atom. The second-order valence-corrected chi connectivity index (χ2v) is 4.04. The van der Waals surface area contributed by atoms with Gasteiger partial charge in [-0.1, -0.05) is 26.0 Å². The third-order valence-corrected chi connectivity index (χ3v) is 2.52. The van der Waals surface area contributed by atoms with Gasteiger partial charge in [-0.25, -0.2) is 0 Å². The average molecular weight is 193 g/mol. The summed E-state index contributed by atoms with van der Waals surface area (Å²) in [6.45, 7) is 6.47. The van der Waals surface area contributed by atoms with Crippen LogP contribution in [0.2, 0.25) is 0 Å². The van der Waals surface area contributed by atoms with Crippen LogP contribution in [0.3, 0.4) is 0 Å². The van der Waals surface area contributed by atoms with Crippen molar-refractivity contribution in [3.8, 4) is 0 Å². The largest absolute Gasteiger partial charge is 0.376 e. The summed E-state index contributed by atoms with van der Waals surface area (Å²) >= 11 is 0. The lowest BCUT2D eigenvalue weighted by Gasteiger charge is -2.20. The van der Waals surface area contributed by atoms with Crippen LogP contribution in [-0.2, 0) is 0 Å². The van der Waals surface area contributed by atoms with Gasteiger partial charge in [-0.3, -0.25) is 0 Å². The number of aliphatic hydroxyl groups is 1. The Morgan fingerprint density at radius 2 is 2.00 bits per heavy atom. The fourth-order valence-electron chi connectivity index (χ4n) is 1.47. The highest BCUT2D eigenvalue weighted by Gasteiger charge is 2.06. The second kappa shape index (κ2) is 4.47. The Balaban J connectivity index is 3.08. The van der Waals surface area contributed by atoms with Gasteiger partial charge in [-0.2, -0.15) is 0 Å². The molecule has 0 heterocycles. The zero-order valence-electron chi connectivity index (χ0n) is 9.41. The summed E-state index contributed by atoms with van der Waals surface area (Å²) in [5.41, 5.74) is 3.62. The van der Waals surface area contributed by atoms with Crippen molar-refractivity contribution in [3.63, 3.8) is 0 Å². The molecule has 1 rings (SSSR count). The molecule has 0 bridgehead atoms. The zero-order valence-corrected chi connectivity index (χ0v) is 9.41. The van der Waals surface area contributed by atoms with Crippen molar-refractivity contribution in [1.29, 1.82) is 0 Å². The third kappa shape index (κ3) is 2.26. The highest BCUT2D eigenvalue weighted by atomic mass is 16.3. The predicted molar refractivity (Wildman–Crippen MR) is 60.8 cm³/mol. The monoisotopic (exact) mass is 193 g/mol. The number of aliphatic hydroxyl groups excluding tert-OH is 1. The lowest BCUT2D eigenvalue weighted by molar-refractivity contribution is 0.298. The number of hydrogen-bond donors (Lipinski definition) is 1. The maximum atomic E-state index is 9.07. The van der Waals surface area contributed by atoms with Gasteiger partial charge in [0, 0.05) is 12.7 Å². The summed E-state index contributed by atoms with van der Waals surface area (Å²) in [6, 6.07) is 6.40. The van der Waals surface area contributed by atoms with Crippen LogP contribution in [0.15, 0.2) is 18.2 Å². The maximum absolute atomic E-state index is 9.07. The number of aryl methyl sites for hydroxylation is 1. The molecular weight excluding hydrogens is 174 g/mol. The fourth-order valence-corrected chi connectivity index (χ4v) is 1.47. The summed E-state index contributed by atoms with van der Waals surface area (Å²) in [4.78, 5) is 1.85. The summed E-state index contributed by atoms with van der Waals surface area (Å²) in [5.74, 6) is 0.529. The Kier molecular flexibility index (Phi) is 3.53. The van der Waals surface area contributed by atoms with Crippen LogP contribution >= 0.6 is 0 Å². The van der Waals surface area contributed by atoms with Gasteiger partial charge in [-0.05, 0) is 30.0 Å². The minimum Gasteiger partial charge on any atom is -0.376 e. The highest BCUT2D eigenvalue weighted by molar-refractivity contribution is 5.54. The van der Waals surface area contributed by atoms with E-state index in [-0.39, 0.29) is 6.73 Å². The Hall–Kier alpha value is -1.02. The molecule has 1 aromatic rings. The van der Waals surface area contributed by atoms with Crippen molar-refractivity contribution in [2.75, 3.05) is 18.7 Å². The van der Waals surface area contributed by atoms with Gasteiger partial charge >= 0.3 is 0 Å². The topological polar surface area (TPSA) is 23.5 Å². The molecule has 0 fully saturated rings. The summed E-state index contributed by atoms with van der Waals surface area (Å²) in [7, 11) is 1.90. The molecule has 0 aliphatic carbocycles. The van der Waals surface area contributed by atoms with E-state index < -0.39 is 0 Å². The van der Waals surface area contributed by atoms with Gasteiger partial charge in [0.2, 0.25) is 0 Å². The van der Waals surface area contributed by atoms with E-state index in [0.717, 1.165) is 5.69 Å². The normalized spacial score (nSPS) is 10.7. The number of nitrogens with zero attached hydrogens (tertiary/aromatic N) is 1. The lowest BCUT2D eigenvalue weighted by atomic mass is 10.0. The van der Waals surface area contributed by atoms with Crippen LogP contribution < -0.4 is 4.90 Å². The van der Waals surface area contributed by atoms with Crippen molar-refractivity contribution in [2.45, 2.75) is 26.7 Å². The van der Waals surface area contributed by atoms with Crippen LogP contribution in [0.25, 0.3) is 0 Å². The molecule has 0 aliphatic heterocycles. The van der Waals surface area contributed by atoms with Gasteiger partial charge in [0.15, 0.2) is 0 Å². The van der Waals surface area contributed by atoms with E-state index in [4.69, 9.17) is 5.11 Å². The summed E-state index contributed by atoms with van der Waals surface area (Å²) in [5, 5.41) is 9.07. The quantitative estimate of drug-likeness (QED) is 0.746. The summed E-state index contributed by atoms with van der Waals surface area (Å²) in [6.07, 6.45) is 0. The van der Waals surface area contributed by atoms with Gasteiger partial charge in [-0.15, -0.1) is 0 Å². The highest BCUT2D eigenvalue weighted by Crippen LogP contribution is 2.24. The van der Waals surface area contributed by atoms with Crippen molar-refractivity contribution in [2.24, 2.45) is 0 Å². The number of rotatable bonds is 3. The van der Waals surface area contributed by atoms with Gasteiger partial charge in [0.25, 0.3) is 0 Å². The van der Waals surface area contributed by atoms with E-state index in [2.05, 4.69) is 39.0 Å². The molecule has 0 spiro atoms. The molecule has 2 heteroatoms. The van der Waals surface area contributed by atoms with Crippen LogP contribution in [0.5, 0.6) is 0 Å². The number of anilines is 1. The maximum Gasteiger partial charge on any atom is 0.115 e. The van der Waals surface area contributed by atoms with Gasteiger partial charge in [0.05, 0.1) is 0 Å². The SMILES string of the molecule is Cc1ccc(C(C)C)cc1N(C)CO. The molecule has 0 saturated carbocycles. The molecule has 0 atom stereocenters. The van der Waals surface area contributed by atoms with Gasteiger partial charge < -0.3 is 10.0 Å². The molecule has 0 amide bonds. The molecule has 14 heavy (non-hydrogen) atoms. The van der Waals surface area contributed by atoms with Crippen LogP contribution in [0.1, 0.15) is 30.9 Å². The first-order valence-electron chi connectivity index (χ1n) is 4.98. The van der Waals surface area contributed by atoms with Crippen LogP contribution in [0.4, 0.5) is 5.69 Å². The van der Waals surface area contributed by atoms with Crippen molar-refractivity contribution in [1.82, 2.24) is 0 Å². The van der Waals surface area contributed by atoms with Crippen LogP contribution in [0, 0.1) is 6.92 Å². The van der Waals surface area contributed by atoms with E-state index in [1.165, 1.54) is 11.1 Å². The van der Waals surface area contributed by atoms with Crippen molar-refractivity contribution in [3.05, 3.63) is 29.3 Å². The first kappa shape index (κ1) is 11.1. The van der Waals surface area contributed by atoms with E-state index in [1.54, 1.807) is 0 Å².